The number of rotatable bonds is 7. The highest BCUT2D eigenvalue weighted by Crippen LogP contribution is 2.24. The van der Waals surface area contributed by atoms with Gasteiger partial charge in [0.2, 0.25) is 0 Å². The third-order valence-corrected chi connectivity index (χ3v) is 4.24. The van der Waals surface area contributed by atoms with Crippen LogP contribution < -0.4 is 15.6 Å². The van der Waals surface area contributed by atoms with Crippen molar-refractivity contribution < 1.29 is 23.9 Å². The quantitative estimate of drug-likeness (QED) is 0.574. The van der Waals surface area contributed by atoms with Gasteiger partial charge < -0.3 is 9.47 Å². The first kappa shape index (κ1) is 18.9. The molecule has 7 heteroatoms. The lowest BCUT2D eigenvalue weighted by Crippen LogP contribution is -2.54. The minimum Gasteiger partial charge on any atom is -0.497 e. The number of hydrogen-bond acceptors (Lipinski definition) is 6. The Hall–Kier alpha value is -2.41. The summed E-state index contributed by atoms with van der Waals surface area (Å²) in [7, 11) is 1.54. The largest absolute Gasteiger partial charge is 0.497 e. The number of hydrazine groups is 1. The van der Waals surface area contributed by atoms with Gasteiger partial charge in [-0.05, 0) is 44.0 Å². The van der Waals surface area contributed by atoms with Crippen molar-refractivity contribution in [2.24, 2.45) is 5.92 Å². The van der Waals surface area contributed by atoms with Gasteiger partial charge >= 0.3 is 5.97 Å². The fourth-order valence-electron chi connectivity index (χ4n) is 2.88. The second-order valence-corrected chi connectivity index (χ2v) is 5.88. The lowest BCUT2D eigenvalue weighted by molar-refractivity contribution is -0.150. The molecule has 0 radical (unpaired) electrons. The number of benzene rings is 1. The lowest BCUT2D eigenvalue weighted by atomic mass is 9.83. The Morgan fingerprint density at radius 2 is 1.96 bits per heavy atom. The molecule has 0 aromatic heterocycles. The van der Waals surface area contributed by atoms with Crippen LogP contribution in [0.25, 0.3) is 0 Å². The molecule has 0 heterocycles. The molecule has 0 aliphatic heterocycles. The van der Waals surface area contributed by atoms with E-state index in [1.807, 2.05) is 0 Å². The molecule has 7 nitrogen and oxygen atoms in total. The van der Waals surface area contributed by atoms with Crippen molar-refractivity contribution in [2.75, 3.05) is 13.7 Å². The van der Waals surface area contributed by atoms with Crippen molar-refractivity contribution in [3.63, 3.8) is 0 Å². The molecule has 1 aliphatic carbocycles. The molecule has 0 bridgehead atoms. The maximum atomic E-state index is 12.2. The Bertz CT molecular complexity index is 614. The summed E-state index contributed by atoms with van der Waals surface area (Å²) in [5, 5.41) is 0. The Balaban J connectivity index is 2.03. The molecule has 1 saturated carbocycles. The average molecular weight is 348 g/mol. The number of methoxy groups -OCH3 is 1. The van der Waals surface area contributed by atoms with Gasteiger partial charge in [0.1, 0.15) is 17.6 Å². The van der Waals surface area contributed by atoms with Crippen molar-refractivity contribution in [3.8, 4) is 5.75 Å². The zero-order chi connectivity index (χ0) is 18.2. The van der Waals surface area contributed by atoms with E-state index in [1.54, 1.807) is 38.3 Å². The van der Waals surface area contributed by atoms with Crippen molar-refractivity contribution in [3.05, 3.63) is 29.8 Å². The van der Waals surface area contributed by atoms with Gasteiger partial charge in [-0.1, -0.05) is 6.42 Å². The molecule has 1 unspecified atom stereocenters. The Morgan fingerprint density at radius 3 is 2.56 bits per heavy atom. The fourth-order valence-corrected chi connectivity index (χ4v) is 2.88. The van der Waals surface area contributed by atoms with Crippen molar-refractivity contribution in [1.29, 1.82) is 0 Å². The molecule has 1 amide bonds. The third kappa shape index (κ3) is 5.03. The smallest absolute Gasteiger partial charge is 0.325 e. The standard InChI is InChI=1S/C18H24N2O5/c1-3-25-18(23)16(14-6-4-5-7-15(14)21)19-20-17(22)12-8-10-13(24-2)11-9-12/h8-11,14,16,19H,3-7H2,1-2H3,(H,20,22)/t14?,16-/m1/s1. The minimum atomic E-state index is -0.880. The summed E-state index contributed by atoms with van der Waals surface area (Å²) in [5.74, 6) is -0.751. The van der Waals surface area contributed by atoms with Gasteiger partial charge in [-0.3, -0.25) is 19.8 Å². The first-order valence-corrected chi connectivity index (χ1v) is 8.46. The maximum Gasteiger partial charge on any atom is 0.325 e. The zero-order valence-corrected chi connectivity index (χ0v) is 14.5. The van der Waals surface area contributed by atoms with Crippen LogP contribution in [0.15, 0.2) is 24.3 Å². The number of esters is 1. The van der Waals surface area contributed by atoms with Gasteiger partial charge in [0.25, 0.3) is 5.91 Å². The van der Waals surface area contributed by atoms with Gasteiger partial charge in [0.15, 0.2) is 0 Å². The molecule has 1 fully saturated rings. The number of Topliss-reactive ketones (excluding diaryl/α,β-unsaturated/α-hetero) is 1. The molecular formula is C18H24N2O5. The summed E-state index contributed by atoms with van der Waals surface area (Å²) in [4.78, 5) is 36.6. The predicted octanol–water partition coefficient (Wildman–Crippen LogP) is 1.62. The summed E-state index contributed by atoms with van der Waals surface area (Å²) in [6.45, 7) is 1.91. The normalized spacial score (nSPS) is 18.3. The number of nitrogens with one attached hydrogen (secondary N) is 2. The molecule has 136 valence electrons. The molecule has 1 aliphatic rings. The molecule has 25 heavy (non-hydrogen) atoms. The van der Waals surface area contributed by atoms with Crippen molar-refractivity contribution in [2.45, 2.75) is 38.6 Å². The summed E-state index contributed by atoms with van der Waals surface area (Å²) in [5.41, 5.74) is 5.62. The fraction of sp³-hybridized carbons (Fsp3) is 0.500. The van der Waals surface area contributed by atoms with Crippen LogP contribution in [0.4, 0.5) is 0 Å². The summed E-state index contributed by atoms with van der Waals surface area (Å²) < 4.78 is 10.1. The van der Waals surface area contributed by atoms with E-state index in [9.17, 15) is 14.4 Å². The van der Waals surface area contributed by atoms with Crippen LogP contribution in [0, 0.1) is 5.92 Å². The van der Waals surface area contributed by atoms with Gasteiger partial charge in [-0.15, -0.1) is 0 Å². The van der Waals surface area contributed by atoms with Crippen LogP contribution in [-0.4, -0.2) is 37.4 Å². The predicted molar refractivity (Wildman–Crippen MR) is 91.0 cm³/mol. The third-order valence-electron chi connectivity index (χ3n) is 4.24. The highest BCUT2D eigenvalue weighted by atomic mass is 16.5. The average Bonchev–Trinajstić information content (AvgIpc) is 2.63. The van der Waals surface area contributed by atoms with Gasteiger partial charge in [0, 0.05) is 17.9 Å². The lowest BCUT2D eigenvalue weighted by Gasteiger charge is -2.28. The molecule has 2 atom stereocenters. The number of hydrogen-bond donors (Lipinski definition) is 2. The Labute approximate surface area is 147 Å². The Kier molecular flexibility index (Phi) is 6.94. The van der Waals surface area contributed by atoms with Crippen molar-refractivity contribution in [1.82, 2.24) is 10.9 Å². The number of carbonyl (C=O) groups excluding carboxylic acids is 3. The van der Waals surface area contributed by atoms with Crippen LogP contribution in [0.5, 0.6) is 5.75 Å². The molecule has 0 saturated heterocycles. The second kappa shape index (κ2) is 9.17. The zero-order valence-electron chi connectivity index (χ0n) is 14.5. The SMILES string of the molecule is CCOC(=O)[C@H](NNC(=O)c1ccc(OC)cc1)C1CCCCC1=O. The van der Waals surface area contributed by atoms with Crippen LogP contribution in [-0.2, 0) is 14.3 Å². The molecule has 1 aromatic carbocycles. The highest BCUT2D eigenvalue weighted by Gasteiger charge is 2.36. The molecule has 0 spiro atoms. The van der Waals surface area contributed by atoms with Gasteiger partial charge in [-0.25, -0.2) is 5.43 Å². The van der Waals surface area contributed by atoms with Crippen molar-refractivity contribution >= 4 is 17.7 Å². The maximum absolute atomic E-state index is 12.2. The topological polar surface area (TPSA) is 93.7 Å². The van der Waals surface area contributed by atoms with Crippen LogP contribution in [0.1, 0.15) is 43.0 Å². The van der Waals surface area contributed by atoms with E-state index in [0.717, 1.165) is 12.8 Å². The van der Waals surface area contributed by atoms with E-state index in [2.05, 4.69) is 10.9 Å². The van der Waals surface area contributed by atoms with E-state index in [1.165, 1.54) is 0 Å². The summed E-state index contributed by atoms with van der Waals surface area (Å²) in [6, 6.07) is 5.68. The van der Waals surface area contributed by atoms with E-state index >= 15 is 0 Å². The molecule has 2 rings (SSSR count). The first-order chi connectivity index (χ1) is 12.1. The number of ether oxygens (including phenoxy) is 2. The molecule has 2 N–H and O–H groups in total. The molecule has 1 aromatic rings. The summed E-state index contributed by atoms with van der Waals surface area (Å²) >= 11 is 0. The molecular weight excluding hydrogens is 324 g/mol. The summed E-state index contributed by atoms with van der Waals surface area (Å²) in [6.07, 6.45) is 2.77. The van der Waals surface area contributed by atoms with Crippen LogP contribution in [0.2, 0.25) is 0 Å². The van der Waals surface area contributed by atoms with Crippen LogP contribution >= 0.6 is 0 Å². The minimum absolute atomic E-state index is 0.0236. The van der Waals surface area contributed by atoms with E-state index in [-0.39, 0.29) is 12.4 Å². The van der Waals surface area contributed by atoms with E-state index in [0.29, 0.717) is 24.2 Å². The number of ketones is 1. The van der Waals surface area contributed by atoms with Crippen LogP contribution in [0.3, 0.4) is 0 Å². The monoisotopic (exact) mass is 348 g/mol. The Morgan fingerprint density at radius 1 is 1.24 bits per heavy atom. The second-order valence-electron chi connectivity index (χ2n) is 5.88. The van der Waals surface area contributed by atoms with Gasteiger partial charge in [-0.2, -0.15) is 0 Å². The van der Waals surface area contributed by atoms with E-state index in [4.69, 9.17) is 9.47 Å². The van der Waals surface area contributed by atoms with E-state index < -0.39 is 23.8 Å². The number of carbonyl (C=O) groups is 3. The van der Waals surface area contributed by atoms with Gasteiger partial charge in [0.05, 0.1) is 13.7 Å². The number of amides is 1. The first-order valence-electron chi connectivity index (χ1n) is 8.46. The highest BCUT2D eigenvalue weighted by molar-refractivity contribution is 5.94.